The lowest BCUT2D eigenvalue weighted by atomic mass is 10.0. The van der Waals surface area contributed by atoms with Crippen LogP contribution in [0.5, 0.6) is 0 Å². The molecule has 1 atom stereocenters. The van der Waals surface area contributed by atoms with Gasteiger partial charge in [0.1, 0.15) is 0 Å². The zero-order chi connectivity index (χ0) is 13.4. The number of pyridine rings is 1. The second-order valence-electron chi connectivity index (χ2n) is 5.28. The zero-order valence-corrected chi connectivity index (χ0v) is 11.0. The third-order valence-electron chi connectivity index (χ3n) is 3.88. The maximum Gasteiger partial charge on any atom is 0.256 e. The van der Waals surface area contributed by atoms with Gasteiger partial charge >= 0.3 is 0 Å². The molecule has 100 valence electrons. The largest absolute Gasteiger partial charge is 0.392 e. The first-order valence-electron chi connectivity index (χ1n) is 6.66. The molecule has 1 fully saturated rings. The summed E-state index contributed by atoms with van der Waals surface area (Å²) < 4.78 is 0. The molecule has 2 N–H and O–H groups in total. The predicted molar refractivity (Wildman–Crippen MR) is 75.2 cm³/mol. The Labute approximate surface area is 111 Å². The molecule has 3 rings (SSSR count). The van der Waals surface area contributed by atoms with E-state index in [2.05, 4.69) is 9.88 Å². The van der Waals surface area contributed by atoms with Gasteiger partial charge in [-0.3, -0.25) is 9.69 Å². The number of fused-ring (bicyclic) bond motifs is 1. The third-order valence-corrected chi connectivity index (χ3v) is 3.88. The van der Waals surface area contributed by atoms with Crippen molar-refractivity contribution in [3.05, 3.63) is 45.9 Å². The van der Waals surface area contributed by atoms with Gasteiger partial charge in [0.25, 0.3) is 5.56 Å². The van der Waals surface area contributed by atoms with Gasteiger partial charge in [-0.2, -0.15) is 0 Å². The first kappa shape index (κ1) is 12.4. The van der Waals surface area contributed by atoms with E-state index in [9.17, 15) is 9.90 Å². The van der Waals surface area contributed by atoms with Gasteiger partial charge in [-0.05, 0) is 30.4 Å². The molecule has 1 aromatic heterocycles. The predicted octanol–water partition coefficient (Wildman–Crippen LogP) is 1.40. The van der Waals surface area contributed by atoms with Gasteiger partial charge in [0.15, 0.2) is 0 Å². The molecule has 0 amide bonds. The van der Waals surface area contributed by atoms with E-state index in [1.807, 2.05) is 31.2 Å². The van der Waals surface area contributed by atoms with Gasteiger partial charge in [-0.15, -0.1) is 0 Å². The van der Waals surface area contributed by atoms with Crippen molar-refractivity contribution in [2.75, 3.05) is 13.1 Å². The van der Waals surface area contributed by atoms with Crippen molar-refractivity contribution >= 4 is 10.8 Å². The Morgan fingerprint density at radius 3 is 2.79 bits per heavy atom. The summed E-state index contributed by atoms with van der Waals surface area (Å²) in [7, 11) is 0. The molecule has 0 radical (unpaired) electrons. The number of rotatable bonds is 2. The summed E-state index contributed by atoms with van der Waals surface area (Å²) >= 11 is 0. The number of aliphatic hydroxyl groups is 1. The second kappa shape index (κ2) is 4.79. The summed E-state index contributed by atoms with van der Waals surface area (Å²) in [4.78, 5) is 17.1. The van der Waals surface area contributed by atoms with Crippen molar-refractivity contribution in [3.8, 4) is 0 Å². The van der Waals surface area contributed by atoms with Crippen molar-refractivity contribution in [3.63, 3.8) is 0 Å². The molecule has 0 unspecified atom stereocenters. The molecule has 1 saturated heterocycles. The number of aliphatic hydroxyl groups excluding tert-OH is 1. The number of hydrogen-bond donors (Lipinski definition) is 2. The molecule has 2 heterocycles. The van der Waals surface area contributed by atoms with E-state index in [0.717, 1.165) is 41.5 Å². The van der Waals surface area contributed by atoms with Crippen LogP contribution >= 0.6 is 0 Å². The molecule has 4 heteroatoms. The second-order valence-corrected chi connectivity index (χ2v) is 5.28. The quantitative estimate of drug-likeness (QED) is 0.856. The maximum absolute atomic E-state index is 11.9. The summed E-state index contributed by atoms with van der Waals surface area (Å²) in [5, 5.41) is 11.4. The van der Waals surface area contributed by atoms with Gasteiger partial charge in [0, 0.05) is 30.7 Å². The Morgan fingerprint density at radius 2 is 2.11 bits per heavy atom. The smallest absolute Gasteiger partial charge is 0.256 e. The maximum atomic E-state index is 11.9. The number of nitrogens with zero attached hydrogens (tertiary/aromatic N) is 1. The molecule has 1 aliphatic rings. The van der Waals surface area contributed by atoms with E-state index in [0.29, 0.717) is 6.54 Å². The highest BCUT2D eigenvalue weighted by atomic mass is 16.3. The van der Waals surface area contributed by atoms with Crippen LogP contribution in [0.4, 0.5) is 0 Å². The zero-order valence-electron chi connectivity index (χ0n) is 11.0. The number of hydrogen-bond acceptors (Lipinski definition) is 3. The summed E-state index contributed by atoms with van der Waals surface area (Å²) in [5.41, 5.74) is 2.05. The number of nitrogens with one attached hydrogen (secondary N) is 1. The summed E-state index contributed by atoms with van der Waals surface area (Å²) in [5.74, 6) is 0. The average molecular weight is 258 g/mol. The molecule has 0 saturated carbocycles. The highest BCUT2D eigenvalue weighted by Gasteiger charge is 2.21. The van der Waals surface area contributed by atoms with Crippen LogP contribution in [0.15, 0.2) is 29.1 Å². The number of aromatic amines is 1. The van der Waals surface area contributed by atoms with E-state index >= 15 is 0 Å². The molecule has 4 nitrogen and oxygen atoms in total. The highest BCUT2D eigenvalue weighted by Crippen LogP contribution is 2.21. The van der Waals surface area contributed by atoms with Gasteiger partial charge in [0.05, 0.1) is 6.10 Å². The van der Waals surface area contributed by atoms with Crippen molar-refractivity contribution in [1.29, 1.82) is 0 Å². The van der Waals surface area contributed by atoms with Crippen LogP contribution in [0.25, 0.3) is 10.8 Å². The SMILES string of the molecule is Cc1[nH]c(=O)c2ccccc2c1CN1CC[C@@H](O)C1. The van der Waals surface area contributed by atoms with Crippen LogP contribution in [0, 0.1) is 6.92 Å². The fraction of sp³-hybridized carbons (Fsp3) is 0.400. The van der Waals surface area contributed by atoms with E-state index in [-0.39, 0.29) is 11.7 Å². The Kier molecular flexibility index (Phi) is 3.12. The molecule has 0 bridgehead atoms. The highest BCUT2D eigenvalue weighted by molar-refractivity contribution is 5.85. The summed E-state index contributed by atoms with van der Waals surface area (Å²) in [6.45, 7) is 4.34. The topological polar surface area (TPSA) is 56.3 Å². The Balaban J connectivity index is 2.05. The van der Waals surface area contributed by atoms with E-state index < -0.39 is 0 Å². The first-order chi connectivity index (χ1) is 9.15. The Hall–Kier alpha value is -1.65. The van der Waals surface area contributed by atoms with Crippen LogP contribution in [-0.4, -0.2) is 34.2 Å². The summed E-state index contributed by atoms with van der Waals surface area (Å²) in [6, 6.07) is 7.70. The average Bonchev–Trinajstić information content (AvgIpc) is 2.80. The van der Waals surface area contributed by atoms with Gasteiger partial charge < -0.3 is 10.1 Å². The molecule has 0 spiro atoms. The number of H-pyrrole nitrogens is 1. The standard InChI is InChI=1S/C15H18N2O2/c1-10-14(9-17-7-6-11(18)8-17)12-4-2-3-5-13(12)15(19)16-10/h2-5,11,18H,6-9H2,1H3,(H,16,19)/t11-/m1/s1. The number of benzene rings is 1. The fourth-order valence-electron chi connectivity index (χ4n) is 2.84. The van der Waals surface area contributed by atoms with Crippen LogP contribution in [0.3, 0.4) is 0 Å². The van der Waals surface area contributed by atoms with Crippen LogP contribution < -0.4 is 5.56 Å². The van der Waals surface area contributed by atoms with Crippen molar-refractivity contribution in [2.45, 2.75) is 26.0 Å². The lowest BCUT2D eigenvalue weighted by Crippen LogP contribution is -2.23. The van der Waals surface area contributed by atoms with Gasteiger partial charge in [-0.25, -0.2) is 0 Å². The van der Waals surface area contributed by atoms with E-state index in [4.69, 9.17) is 0 Å². The molecular weight excluding hydrogens is 240 g/mol. The number of aromatic nitrogens is 1. The Morgan fingerprint density at radius 1 is 1.37 bits per heavy atom. The normalized spacial score (nSPS) is 20.2. The number of aryl methyl sites for hydroxylation is 1. The van der Waals surface area contributed by atoms with Crippen molar-refractivity contribution < 1.29 is 5.11 Å². The lowest BCUT2D eigenvalue weighted by molar-refractivity contribution is 0.175. The molecule has 19 heavy (non-hydrogen) atoms. The lowest BCUT2D eigenvalue weighted by Gasteiger charge is -2.18. The van der Waals surface area contributed by atoms with Crippen LogP contribution in [0.2, 0.25) is 0 Å². The number of likely N-dealkylation sites (tertiary alicyclic amines) is 1. The third kappa shape index (κ3) is 2.29. The molecular formula is C15H18N2O2. The van der Waals surface area contributed by atoms with Crippen LogP contribution in [0.1, 0.15) is 17.7 Å². The van der Waals surface area contributed by atoms with Gasteiger partial charge in [-0.1, -0.05) is 18.2 Å². The minimum absolute atomic E-state index is 0.0293. The van der Waals surface area contributed by atoms with E-state index in [1.54, 1.807) is 0 Å². The van der Waals surface area contributed by atoms with Crippen LogP contribution in [-0.2, 0) is 6.54 Å². The first-order valence-corrected chi connectivity index (χ1v) is 6.66. The molecule has 1 aromatic carbocycles. The monoisotopic (exact) mass is 258 g/mol. The molecule has 0 aliphatic carbocycles. The molecule has 2 aromatic rings. The van der Waals surface area contributed by atoms with E-state index in [1.165, 1.54) is 0 Å². The minimum Gasteiger partial charge on any atom is -0.392 e. The van der Waals surface area contributed by atoms with Gasteiger partial charge in [0.2, 0.25) is 0 Å². The minimum atomic E-state index is -0.214. The summed E-state index contributed by atoms with van der Waals surface area (Å²) in [6.07, 6.45) is 0.620. The molecule has 1 aliphatic heterocycles. The Bertz CT molecular complexity index is 663. The van der Waals surface area contributed by atoms with Crippen molar-refractivity contribution in [1.82, 2.24) is 9.88 Å². The van der Waals surface area contributed by atoms with Crippen molar-refractivity contribution in [2.24, 2.45) is 0 Å². The fourth-order valence-corrected chi connectivity index (χ4v) is 2.84. The number of β-amino-alcohol motifs (C(OH)–C–C–N with tert-alkyl or cyclic N) is 1.